The van der Waals surface area contributed by atoms with Crippen LogP contribution >= 0.6 is 0 Å². The highest BCUT2D eigenvalue weighted by Crippen LogP contribution is 2.39. The van der Waals surface area contributed by atoms with Crippen LogP contribution in [-0.4, -0.2) is 64.1 Å². The van der Waals surface area contributed by atoms with E-state index in [2.05, 4.69) is 26.5 Å². The Bertz CT molecular complexity index is 947. The van der Waals surface area contributed by atoms with Crippen LogP contribution < -0.4 is 5.32 Å². The Labute approximate surface area is 171 Å². The maximum Gasteiger partial charge on any atom is 0.185 e. The summed E-state index contributed by atoms with van der Waals surface area (Å²) >= 11 is 0. The molecule has 0 atom stereocenters. The number of morpholine rings is 1. The summed E-state index contributed by atoms with van der Waals surface area (Å²) < 4.78 is 7.31. The molecule has 3 aromatic rings. The van der Waals surface area contributed by atoms with Crippen LogP contribution in [0.4, 0.5) is 5.82 Å². The summed E-state index contributed by atoms with van der Waals surface area (Å²) in [6.07, 6.45) is 4.87. The Kier molecular flexibility index (Phi) is 5.41. The van der Waals surface area contributed by atoms with Crippen LogP contribution in [0.3, 0.4) is 0 Å². The van der Waals surface area contributed by atoms with Gasteiger partial charge in [0.1, 0.15) is 0 Å². The fraction of sp³-hybridized carbons (Fsp3) is 0.500. The molecule has 2 aliphatic rings. The number of anilines is 1. The van der Waals surface area contributed by atoms with Crippen LogP contribution in [0.1, 0.15) is 37.2 Å². The Morgan fingerprint density at radius 2 is 1.90 bits per heavy atom. The van der Waals surface area contributed by atoms with Gasteiger partial charge in [-0.3, -0.25) is 4.90 Å². The van der Waals surface area contributed by atoms with Crippen molar-refractivity contribution in [2.75, 3.05) is 44.7 Å². The van der Waals surface area contributed by atoms with Crippen LogP contribution in [-0.2, 0) is 4.74 Å². The first-order valence-corrected chi connectivity index (χ1v) is 10.7. The molecule has 2 fully saturated rings. The van der Waals surface area contributed by atoms with E-state index < -0.39 is 0 Å². The van der Waals surface area contributed by atoms with E-state index in [1.165, 1.54) is 24.8 Å². The zero-order valence-corrected chi connectivity index (χ0v) is 16.8. The van der Waals surface area contributed by atoms with E-state index in [1.54, 1.807) is 0 Å². The average Bonchev–Trinajstić information content (AvgIpc) is 3.14. The second-order valence-corrected chi connectivity index (χ2v) is 7.97. The quantitative estimate of drug-likeness (QED) is 0.623. The van der Waals surface area contributed by atoms with E-state index in [9.17, 15) is 0 Å². The Hall–Kier alpha value is -2.51. The highest BCUT2D eigenvalue weighted by atomic mass is 16.5. The molecule has 0 unspecified atom stereocenters. The molecule has 0 radical (unpaired) electrons. The van der Waals surface area contributed by atoms with Crippen molar-refractivity contribution >= 4 is 11.5 Å². The molecule has 0 bridgehead atoms. The number of benzene rings is 1. The zero-order chi connectivity index (χ0) is 19.5. The molecule has 7 nitrogen and oxygen atoms in total. The molecule has 7 heteroatoms. The number of fused-ring (bicyclic) bond motifs is 1. The lowest BCUT2D eigenvalue weighted by atomic mass is 9.80. The lowest BCUT2D eigenvalue weighted by molar-refractivity contribution is 0.0378. The van der Waals surface area contributed by atoms with E-state index in [0.29, 0.717) is 5.92 Å². The van der Waals surface area contributed by atoms with Crippen molar-refractivity contribution in [2.45, 2.75) is 31.6 Å². The molecule has 3 heterocycles. The third kappa shape index (κ3) is 3.97. The van der Waals surface area contributed by atoms with Gasteiger partial charge in [0.05, 0.1) is 13.2 Å². The second kappa shape index (κ2) is 8.47. The number of rotatable bonds is 7. The molecule has 29 heavy (non-hydrogen) atoms. The summed E-state index contributed by atoms with van der Waals surface area (Å²) in [6, 6.07) is 12.3. The first kappa shape index (κ1) is 18.5. The van der Waals surface area contributed by atoms with Gasteiger partial charge in [0.25, 0.3) is 0 Å². The topological polar surface area (TPSA) is 67.6 Å². The van der Waals surface area contributed by atoms with E-state index >= 15 is 0 Å². The van der Waals surface area contributed by atoms with Crippen LogP contribution in [0.15, 0.2) is 36.4 Å². The van der Waals surface area contributed by atoms with Crippen molar-refractivity contribution < 1.29 is 4.74 Å². The SMILES string of the molecule is c1ccc(-c2nnc3cc(C4CCC4)c(NCCCN4CCOCC4)nn23)cc1. The molecule has 5 rings (SSSR count). The van der Waals surface area contributed by atoms with Crippen LogP contribution in [0.25, 0.3) is 17.0 Å². The lowest BCUT2D eigenvalue weighted by Crippen LogP contribution is -2.37. The minimum absolute atomic E-state index is 0.589. The van der Waals surface area contributed by atoms with E-state index in [0.717, 1.165) is 68.7 Å². The maximum absolute atomic E-state index is 5.44. The molecule has 152 valence electrons. The Morgan fingerprint density at radius 1 is 1.07 bits per heavy atom. The minimum Gasteiger partial charge on any atom is -0.379 e. The molecule has 1 saturated carbocycles. The van der Waals surface area contributed by atoms with Crippen LogP contribution in [0, 0.1) is 0 Å². The van der Waals surface area contributed by atoms with Gasteiger partial charge in [-0.05, 0) is 37.8 Å². The van der Waals surface area contributed by atoms with Crippen LogP contribution in [0.5, 0.6) is 0 Å². The highest BCUT2D eigenvalue weighted by Gasteiger charge is 2.25. The van der Waals surface area contributed by atoms with Gasteiger partial charge in [-0.15, -0.1) is 15.3 Å². The lowest BCUT2D eigenvalue weighted by Gasteiger charge is -2.28. The van der Waals surface area contributed by atoms with Crippen molar-refractivity contribution in [1.29, 1.82) is 0 Å². The number of ether oxygens (including phenoxy) is 1. The molecular weight excluding hydrogens is 364 g/mol. The molecule has 1 N–H and O–H groups in total. The third-order valence-corrected chi connectivity index (χ3v) is 6.05. The average molecular weight is 393 g/mol. The highest BCUT2D eigenvalue weighted by molar-refractivity contribution is 5.61. The summed E-state index contributed by atoms with van der Waals surface area (Å²) in [6.45, 7) is 5.80. The predicted octanol–water partition coefficient (Wildman–Crippen LogP) is 3.19. The number of hydrogen-bond donors (Lipinski definition) is 1. The van der Waals surface area contributed by atoms with Gasteiger partial charge in [0, 0.05) is 30.8 Å². The molecule has 0 amide bonds. The number of aromatic nitrogens is 4. The first-order valence-electron chi connectivity index (χ1n) is 10.7. The van der Waals surface area contributed by atoms with E-state index in [4.69, 9.17) is 9.84 Å². The van der Waals surface area contributed by atoms with E-state index in [1.807, 2.05) is 34.8 Å². The van der Waals surface area contributed by atoms with Crippen molar-refractivity contribution in [3.8, 4) is 11.4 Å². The molecular formula is C22H28N6O. The predicted molar refractivity (Wildman–Crippen MR) is 113 cm³/mol. The first-order chi connectivity index (χ1) is 14.4. The van der Waals surface area contributed by atoms with Crippen molar-refractivity contribution in [3.05, 3.63) is 42.0 Å². The van der Waals surface area contributed by atoms with Crippen molar-refractivity contribution in [3.63, 3.8) is 0 Å². The molecule has 1 aromatic carbocycles. The Balaban J connectivity index is 1.36. The van der Waals surface area contributed by atoms with Gasteiger partial charge in [0.15, 0.2) is 17.3 Å². The van der Waals surface area contributed by atoms with Gasteiger partial charge >= 0.3 is 0 Å². The molecule has 0 spiro atoms. The summed E-state index contributed by atoms with van der Waals surface area (Å²) in [5.74, 6) is 2.37. The fourth-order valence-electron chi connectivity index (χ4n) is 4.11. The van der Waals surface area contributed by atoms with E-state index in [-0.39, 0.29) is 0 Å². The number of nitrogens with zero attached hydrogens (tertiary/aromatic N) is 5. The number of hydrogen-bond acceptors (Lipinski definition) is 6. The maximum atomic E-state index is 5.44. The molecule has 1 aliphatic carbocycles. The largest absolute Gasteiger partial charge is 0.379 e. The summed E-state index contributed by atoms with van der Waals surface area (Å²) in [4.78, 5) is 2.47. The fourth-order valence-corrected chi connectivity index (χ4v) is 4.11. The van der Waals surface area contributed by atoms with Gasteiger partial charge in [-0.1, -0.05) is 36.8 Å². The monoisotopic (exact) mass is 392 g/mol. The van der Waals surface area contributed by atoms with Crippen LogP contribution in [0.2, 0.25) is 0 Å². The molecule has 2 aromatic heterocycles. The molecule has 1 saturated heterocycles. The number of nitrogens with one attached hydrogen (secondary N) is 1. The van der Waals surface area contributed by atoms with Gasteiger partial charge < -0.3 is 10.1 Å². The van der Waals surface area contributed by atoms with Gasteiger partial charge in [-0.2, -0.15) is 4.52 Å². The smallest absolute Gasteiger partial charge is 0.185 e. The zero-order valence-electron chi connectivity index (χ0n) is 16.8. The Morgan fingerprint density at radius 3 is 2.66 bits per heavy atom. The second-order valence-electron chi connectivity index (χ2n) is 7.97. The normalized spacial score (nSPS) is 18.1. The minimum atomic E-state index is 0.589. The molecule has 1 aliphatic heterocycles. The summed E-state index contributed by atoms with van der Waals surface area (Å²) in [7, 11) is 0. The standard InChI is InChI=1S/C22H28N6O/c1-2-6-18(7-3-1)22-25-24-20-16-19(17-8-4-9-17)21(26-28(20)22)23-10-5-11-27-12-14-29-15-13-27/h1-3,6-7,16-17H,4-5,8-15H2,(H,23,26). The summed E-state index contributed by atoms with van der Waals surface area (Å²) in [5, 5.41) is 17.4. The van der Waals surface area contributed by atoms with Crippen molar-refractivity contribution in [1.82, 2.24) is 24.7 Å². The third-order valence-electron chi connectivity index (χ3n) is 6.05. The van der Waals surface area contributed by atoms with Gasteiger partial charge in [-0.25, -0.2) is 0 Å². The van der Waals surface area contributed by atoms with Gasteiger partial charge in [0.2, 0.25) is 0 Å². The van der Waals surface area contributed by atoms with Crippen molar-refractivity contribution in [2.24, 2.45) is 0 Å². The summed E-state index contributed by atoms with van der Waals surface area (Å²) in [5.41, 5.74) is 3.15.